The first kappa shape index (κ1) is 24.7. The molecule has 3 heterocycles. The third-order valence-electron chi connectivity index (χ3n) is 6.39. The molecular formula is C23H24F3N3O6. The summed E-state index contributed by atoms with van der Waals surface area (Å²) in [4.78, 5) is 51.8. The predicted octanol–water partition coefficient (Wildman–Crippen LogP) is 1.26. The number of cyclic esters (lactones) is 1. The molecule has 0 bridgehead atoms. The molecule has 0 spiro atoms. The van der Waals surface area contributed by atoms with Crippen LogP contribution in [0.5, 0.6) is 0 Å². The number of nitrogens with one attached hydrogen (secondary N) is 2. The second-order valence-corrected chi connectivity index (χ2v) is 8.74. The second kappa shape index (κ2) is 9.68. The Balaban J connectivity index is 1.47. The number of aliphatic hydroxyl groups excluding tert-OH is 1. The van der Waals surface area contributed by atoms with E-state index in [1.54, 1.807) is 6.08 Å². The summed E-state index contributed by atoms with van der Waals surface area (Å²) >= 11 is 0. The van der Waals surface area contributed by atoms with Crippen LogP contribution in [-0.4, -0.2) is 64.2 Å². The van der Waals surface area contributed by atoms with Gasteiger partial charge in [-0.3, -0.25) is 19.2 Å². The Morgan fingerprint density at radius 3 is 2.34 bits per heavy atom. The molecule has 1 aromatic rings. The van der Waals surface area contributed by atoms with Crippen molar-refractivity contribution in [2.24, 2.45) is 0 Å². The molecular weight excluding hydrogens is 471 g/mol. The number of benzene rings is 1. The maximum absolute atomic E-state index is 13.4. The molecule has 2 unspecified atom stereocenters. The number of fused-ring (bicyclic) bond motifs is 1. The zero-order valence-electron chi connectivity index (χ0n) is 18.5. The minimum Gasteiger partial charge on any atom is -0.434 e. The van der Waals surface area contributed by atoms with Crippen molar-refractivity contribution < 1.29 is 42.2 Å². The minimum absolute atomic E-state index is 0.0380. The fraction of sp³-hybridized carbons (Fsp3) is 0.478. The van der Waals surface area contributed by atoms with Crippen LogP contribution in [0.15, 0.2) is 36.4 Å². The lowest BCUT2D eigenvalue weighted by molar-refractivity contribution is -0.155. The van der Waals surface area contributed by atoms with E-state index >= 15 is 0 Å². The first-order valence-corrected chi connectivity index (χ1v) is 11.2. The maximum Gasteiger partial charge on any atom is 0.416 e. The van der Waals surface area contributed by atoms with Crippen molar-refractivity contribution in [3.05, 3.63) is 47.5 Å². The Morgan fingerprint density at radius 1 is 1.03 bits per heavy atom. The molecule has 0 saturated carbocycles. The predicted molar refractivity (Wildman–Crippen MR) is 113 cm³/mol. The van der Waals surface area contributed by atoms with Crippen LogP contribution < -0.4 is 10.6 Å². The Kier molecular flexibility index (Phi) is 6.84. The van der Waals surface area contributed by atoms with Crippen molar-refractivity contribution in [2.45, 2.75) is 68.7 Å². The number of amides is 3. The number of nitrogens with zero attached hydrogens (tertiary/aromatic N) is 1. The summed E-state index contributed by atoms with van der Waals surface area (Å²) in [5.41, 5.74) is -0.934. The van der Waals surface area contributed by atoms with E-state index in [1.807, 2.05) is 6.08 Å². The minimum atomic E-state index is -4.54. The van der Waals surface area contributed by atoms with Gasteiger partial charge in [0, 0.05) is 11.6 Å². The van der Waals surface area contributed by atoms with Crippen molar-refractivity contribution >= 4 is 23.7 Å². The monoisotopic (exact) mass is 495 g/mol. The number of carbonyl (C=O) groups excluding carboxylic acids is 4. The highest BCUT2D eigenvalue weighted by Gasteiger charge is 2.45. The molecule has 5 atom stereocenters. The number of aliphatic hydroxyl groups is 1. The lowest BCUT2D eigenvalue weighted by atomic mass is 10.0. The molecule has 2 saturated heterocycles. The molecule has 1 aromatic carbocycles. The molecule has 2 fully saturated rings. The summed E-state index contributed by atoms with van der Waals surface area (Å²) in [7, 11) is 0. The molecule has 3 N–H and O–H groups in total. The van der Waals surface area contributed by atoms with Crippen LogP contribution in [0.1, 0.15) is 48.0 Å². The summed E-state index contributed by atoms with van der Waals surface area (Å²) in [6.07, 6.45) is -1.04. The van der Waals surface area contributed by atoms with Gasteiger partial charge in [-0.2, -0.15) is 13.2 Å². The number of alkyl halides is 3. The molecule has 35 heavy (non-hydrogen) atoms. The molecule has 3 aliphatic rings. The van der Waals surface area contributed by atoms with Crippen LogP contribution in [0, 0.1) is 0 Å². The fourth-order valence-corrected chi connectivity index (χ4v) is 4.59. The Bertz CT molecular complexity index is 1040. The fourth-order valence-electron chi connectivity index (χ4n) is 4.59. The lowest BCUT2D eigenvalue weighted by Gasteiger charge is -2.34. The van der Waals surface area contributed by atoms with Gasteiger partial charge in [0.1, 0.15) is 18.1 Å². The summed E-state index contributed by atoms with van der Waals surface area (Å²) in [5, 5.41) is 14.9. The normalized spacial score (nSPS) is 28.7. The third-order valence-corrected chi connectivity index (χ3v) is 6.39. The van der Waals surface area contributed by atoms with Crippen molar-refractivity contribution in [3.8, 4) is 0 Å². The van der Waals surface area contributed by atoms with E-state index in [-0.39, 0.29) is 24.4 Å². The third kappa shape index (κ3) is 5.31. The van der Waals surface area contributed by atoms with Crippen molar-refractivity contribution in [1.82, 2.24) is 15.5 Å². The SMILES string of the molecule is O=C1CC(NC(=O)[C@@H]2CC[C@H]3CC=CC[C@H](NC(=O)c4ccc(C(F)(F)F)cc4)C(=O)N32)C(O)O1. The van der Waals surface area contributed by atoms with E-state index < -0.39 is 59.8 Å². The zero-order chi connectivity index (χ0) is 25.3. The first-order valence-electron chi connectivity index (χ1n) is 11.2. The average molecular weight is 495 g/mol. The highest BCUT2D eigenvalue weighted by atomic mass is 19.4. The molecule has 12 heteroatoms. The lowest BCUT2D eigenvalue weighted by Crippen LogP contribution is -2.57. The van der Waals surface area contributed by atoms with E-state index in [1.165, 1.54) is 4.90 Å². The van der Waals surface area contributed by atoms with Gasteiger partial charge in [0.15, 0.2) is 0 Å². The van der Waals surface area contributed by atoms with Crippen molar-refractivity contribution in [1.29, 1.82) is 0 Å². The maximum atomic E-state index is 13.4. The molecule has 188 valence electrons. The summed E-state index contributed by atoms with van der Waals surface area (Å²) in [6.45, 7) is 0. The second-order valence-electron chi connectivity index (χ2n) is 8.74. The number of hydrogen-bond donors (Lipinski definition) is 3. The summed E-state index contributed by atoms with van der Waals surface area (Å²) in [6, 6.07) is 0.543. The molecule has 9 nitrogen and oxygen atoms in total. The number of carbonyl (C=O) groups is 4. The topological polar surface area (TPSA) is 125 Å². The van der Waals surface area contributed by atoms with Gasteiger partial charge in [-0.15, -0.1) is 0 Å². The van der Waals surface area contributed by atoms with Gasteiger partial charge in [-0.05, 0) is 49.9 Å². The average Bonchev–Trinajstić information content (AvgIpc) is 3.35. The van der Waals surface area contributed by atoms with Crippen LogP contribution in [0.4, 0.5) is 13.2 Å². The molecule has 4 rings (SSSR count). The highest BCUT2D eigenvalue weighted by molar-refractivity contribution is 5.98. The Labute approximate surface area is 198 Å². The first-order chi connectivity index (χ1) is 16.5. The van der Waals surface area contributed by atoms with E-state index in [0.717, 1.165) is 24.3 Å². The summed E-state index contributed by atoms with van der Waals surface area (Å²) < 4.78 is 43.0. The molecule has 3 amide bonds. The van der Waals surface area contributed by atoms with E-state index in [0.29, 0.717) is 19.3 Å². The van der Waals surface area contributed by atoms with E-state index in [2.05, 4.69) is 15.4 Å². The number of rotatable bonds is 4. The van der Waals surface area contributed by atoms with Gasteiger partial charge in [-0.25, -0.2) is 0 Å². The zero-order valence-corrected chi connectivity index (χ0v) is 18.5. The highest BCUT2D eigenvalue weighted by Crippen LogP contribution is 2.31. The van der Waals surface area contributed by atoms with Crippen LogP contribution in [-0.2, 0) is 25.3 Å². The molecule has 0 aromatic heterocycles. The van der Waals surface area contributed by atoms with Gasteiger partial charge in [0.25, 0.3) is 5.91 Å². The van der Waals surface area contributed by atoms with Gasteiger partial charge in [0.05, 0.1) is 12.0 Å². The van der Waals surface area contributed by atoms with Crippen LogP contribution >= 0.6 is 0 Å². The van der Waals surface area contributed by atoms with Crippen molar-refractivity contribution in [2.75, 3.05) is 0 Å². The largest absolute Gasteiger partial charge is 0.434 e. The standard InChI is InChI=1S/C23H24F3N3O6/c24-23(25,26)13-7-5-12(6-8-13)19(31)27-15-4-2-1-3-14-9-10-17(29(14)21(15)33)20(32)28-16-11-18(30)35-22(16)34/h1-2,5-8,14-17,22,34H,3-4,9-11H2,(H,27,31)(H,28,32)/t14-,15+,16?,17+,22?/m1/s1. The van der Waals surface area contributed by atoms with Gasteiger partial charge >= 0.3 is 12.1 Å². The Morgan fingerprint density at radius 2 is 1.71 bits per heavy atom. The van der Waals surface area contributed by atoms with Gasteiger partial charge < -0.3 is 25.4 Å². The quantitative estimate of drug-likeness (QED) is 0.427. The van der Waals surface area contributed by atoms with E-state index in [9.17, 15) is 37.5 Å². The number of hydrogen-bond acceptors (Lipinski definition) is 6. The van der Waals surface area contributed by atoms with Gasteiger partial charge in [0.2, 0.25) is 18.1 Å². The number of esters is 1. The Hall–Kier alpha value is -3.41. The smallest absolute Gasteiger partial charge is 0.416 e. The van der Waals surface area contributed by atoms with Crippen molar-refractivity contribution in [3.63, 3.8) is 0 Å². The number of halogens is 3. The van der Waals surface area contributed by atoms with Crippen LogP contribution in [0.2, 0.25) is 0 Å². The van der Waals surface area contributed by atoms with Crippen LogP contribution in [0.25, 0.3) is 0 Å². The van der Waals surface area contributed by atoms with Crippen LogP contribution in [0.3, 0.4) is 0 Å². The number of ether oxygens (including phenoxy) is 1. The van der Waals surface area contributed by atoms with E-state index in [4.69, 9.17) is 0 Å². The summed E-state index contributed by atoms with van der Waals surface area (Å²) in [5.74, 6) is -2.39. The molecule has 0 aliphatic carbocycles. The molecule has 3 aliphatic heterocycles. The molecule has 0 radical (unpaired) electrons. The van der Waals surface area contributed by atoms with Gasteiger partial charge in [-0.1, -0.05) is 12.2 Å².